The van der Waals surface area contributed by atoms with Crippen molar-refractivity contribution in [3.05, 3.63) is 35.4 Å². The molecule has 2 atom stereocenters. The van der Waals surface area contributed by atoms with Crippen LogP contribution in [0.15, 0.2) is 24.3 Å². The van der Waals surface area contributed by atoms with Crippen molar-refractivity contribution in [3.63, 3.8) is 0 Å². The van der Waals surface area contributed by atoms with E-state index >= 15 is 0 Å². The highest BCUT2D eigenvalue weighted by molar-refractivity contribution is 5.40. The van der Waals surface area contributed by atoms with Gasteiger partial charge in [-0.05, 0) is 24.0 Å². The van der Waals surface area contributed by atoms with Gasteiger partial charge in [-0.1, -0.05) is 24.3 Å². The van der Waals surface area contributed by atoms with Crippen LogP contribution in [-0.4, -0.2) is 35.4 Å². The first kappa shape index (κ1) is 11.9. The summed E-state index contributed by atoms with van der Waals surface area (Å²) >= 11 is 0. The molecule has 1 aromatic carbocycles. The van der Waals surface area contributed by atoms with Gasteiger partial charge in [-0.2, -0.15) is 0 Å². The second-order valence-electron chi connectivity index (χ2n) is 6.25. The van der Waals surface area contributed by atoms with E-state index in [0.29, 0.717) is 25.3 Å². The molecule has 0 aliphatic carbocycles. The molecule has 2 unspecified atom stereocenters. The molecule has 3 nitrogen and oxygen atoms in total. The molecule has 0 radical (unpaired) electrons. The van der Waals surface area contributed by atoms with Crippen LogP contribution in [0.25, 0.3) is 0 Å². The number of fused-ring (bicyclic) bond motifs is 5. The van der Waals surface area contributed by atoms with Crippen LogP contribution in [0.1, 0.15) is 48.9 Å². The van der Waals surface area contributed by atoms with Crippen LogP contribution in [-0.2, 0) is 4.74 Å². The van der Waals surface area contributed by atoms with Gasteiger partial charge in [-0.3, -0.25) is 4.90 Å². The fourth-order valence-corrected chi connectivity index (χ4v) is 4.12. The first-order valence-electron chi connectivity index (χ1n) is 7.42. The molecular weight excluding hydrogens is 238 g/mol. The molecule has 102 valence electrons. The van der Waals surface area contributed by atoms with E-state index in [0.717, 1.165) is 19.4 Å². The second-order valence-corrected chi connectivity index (χ2v) is 6.25. The van der Waals surface area contributed by atoms with E-state index in [9.17, 15) is 5.11 Å². The Balaban J connectivity index is 1.58. The maximum Gasteiger partial charge on any atom is 0.0818 e. The predicted octanol–water partition coefficient (Wildman–Crippen LogP) is 2.42. The molecule has 1 N–H and O–H groups in total. The summed E-state index contributed by atoms with van der Waals surface area (Å²) in [6.45, 7) is 2.21. The van der Waals surface area contributed by atoms with E-state index in [1.165, 1.54) is 24.0 Å². The molecule has 19 heavy (non-hydrogen) atoms. The van der Waals surface area contributed by atoms with E-state index in [1.54, 1.807) is 0 Å². The fraction of sp³-hybridized carbons (Fsp3) is 0.625. The first-order valence-corrected chi connectivity index (χ1v) is 7.42. The van der Waals surface area contributed by atoms with Crippen LogP contribution in [0.3, 0.4) is 0 Å². The van der Waals surface area contributed by atoms with E-state index in [2.05, 4.69) is 29.2 Å². The highest BCUT2D eigenvalue weighted by atomic mass is 16.5. The minimum atomic E-state index is -0.541. The van der Waals surface area contributed by atoms with Crippen molar-refractivity contribution in [2.75, 3.05) is 19.8 Å². The van der Waals surface area contributed by atoms with E-state index in [1.807, 2.05) is 0 Å². The zero-order valence-corrected chi connectivity index (χ0v) is 11.2. The predicted molar refractivity (Wildman–Crippen MR) is 72.9 cm³/mol. The number of ether oxygens (including phenoxy) is 1. The molecule has 0 spiro atoms. The normalized spacial score (nSPS) is 32.5. The van der Waals surface area contributed by atoms with Crippen molar-refractivity contribution >= 4 is 0 Å². The molecule has 2 saturated heterocycles. The Morgan fingerprint density at radius 2 is 1.68 bits per heavy atom. The molecule has 3 aliphatic rings. The summed E-state index contributed by atoms with van der Waals surface area (Å²) in [5.41, 5.74) is 2.45. The Labute approximate surface area is 114 Å². The SMILES string of the molecule is OC1(CN2C3CCC2c2ccccc23)CCOCC1. The van der Waals surface area contributed by atoms with Crippen LogP contribution >= 0.6 is 0 Å². The highest BCUT2D eigenvalue weighted by Gasteiger charge is 2.46. The van der Waals surface area contributed by atoms with Gasteiger partial charge in [0.2, 0.25) is 0 Å². The van der Waals surface area contributed by atoms with Crippen LogP contribution in [0, 0.1) is 0 Å². The third-order valence-electron chi connectivity index (χ3n) is 5.13. The molecule has 1 aromatic rings. The number of rotatable bonds is 2. The standard InChI is InChI=1S/C16H21NO2/c18-16(7-9-19-10-8-16)11-17-14-5-6-15(17)13-4-2-1-3-12(13)14/h1-4,14-15,18H,5-11H2. The Kier molecular flexibility index (Phi) is 2.69. The molecule has 2 bridgehead atoms. The largest absolute Gasteiger partial charge is 0.388 e. The van der Waals surface area contributed by atoms with E-state index in [4.69, 9.17) is 4.74 Å². The Hall–Kier alpha value is -0.900. The first-order chi connectivity index (χ1) is 9.27. The van der Waals surface area contributed by atoms with Crippen molar-refractivity contribution < 1.29 is 9.84 Å². The average molecular weight is 259 g/mol. The van der Waals surface area contributed by atoms with Gasteiger partial charge in [-0.15, -0.1) is 0 Å². The quantitative estimate of drug-likeness (QED) is 0.885. The van der Waals surface area contributed by atoms with Crippen molar-refractivity contribution in [1.82, 2.24) is 4.90 Å². The summed E-state index contributed by atoms with van der Waals surface area (Å²) in [6, 6.07) is 9.88. The third-order valence-corrected chi connectivity index (χ3v) is 5.13. The zero-order chi connectivity index (χ0) is 12.9. The smallest absolute Gasteiger partial charge is 0.0818 e. The molecule has 3 heteroatoms. The molecule has 2 fully saturated rings. The van der Waals surface area contributed by atoms with Crippen LogP contribution in [0.5, 0.6) is 0 Å². The topological polar surface area (TPSA) is 32.7 Å². The molecule has 3 aliphatic heterocycles. The Morgan fingerprint density at radius 1 is 1.11 bits per heavy atom. The number of nitrogens with zero attached hydrogens (tertiary/aromatic N) is 1. The maximum atomic E-state index is 10.8. The van der Waals surface area contributed by atoms with E-state index < -0.39 is 5.60 Å². The van der Waals surface area contributed by atoms with Crippen LogP contribution < -0.4 is 0 Å². The van der Waals surface area contributed by atoms with Gasteiger partial charge in [-0.25, -0.2) is 0 Å². The fourth-order valence-electron chi connectivity index (χ4n) is 4.12. The average Bonchev–Trinajstić information content (AvgIpc) is 2.95. The van der Waals surface area contributed by atoms with Crippen molar-refractivity contribution in [3.8, 4) is 0 Å². The number of hydrogen-bond donors (Lipinski definition) is 1. The lowest BCUT2D eigenvalue weighted by molar-refractivity contribution is -0.0847. The lowest BCUT2D eigenvalue weighted by atomic mass is 9.92. The van der Waals surface area contributed by atoms with Crippen molar-refractivity contribution in [2.45, 2.75) is 43.4 Å². The van der Waals surface area contributed by atoms with Crippen LogP contribution in [0.2, 0.25) is 0 Å². The van der Waals surface area contributed by atoms with Gasteiger partial charge >= 0.3 is 0 Å². The number of benzene rings is 1. The van der Waals surface area contributed by atoms with Gasteiger partial charge in [0, 0.05) is 44.7 Å². The lowest BCUT2D eigenvalue weighted by Crippen LogP contribution is -2.45. The van der Waals surface area contributed by atoms with Crippen molar-refractivity contribution in [2.24, 2.45) is 0 Å². The van der Waals surface area contributed by atoms with Gasteiger partial charge in [0.25, 0.3) is 0 Å². The molecule has 4 rings (SSSR count). The number of hydrogen-bond acceptors (Lipinski definition) is 3. The lowest BCUT2D eigenvalue weighted by Gasteiger charge is -2.37. The summed E-state index contributed by atoms with van der Waals surface area (Å²) in [7, 11) is 0. The highest BCUT2D eigenvalue weighted by Crippen LogP contribution is 2.53. The second kappa shape index (κ2) is 4.30. The van der Waals surface area contributed by atoms with Crippen molar-refractivity contribution in [1.29, 1.82) is 0 Å². The monoisotopic (exact) mass is 259 g/mol. The van der Waals surface area contributed by atoms with Crippen LogP contribution in [0.4, 0.5) is 0 Å². The molecule has 0 saturated carbocycles. The van der Waals surface area contributed by atoms with Gasteiger partial charge in [0.15, 0.2) is 0 Å². The summed E-state index contributed by atoms with van der Waals surface area (Å²) < 4.78 is 5.38. The Bertz CT molecular complexity index is 450. The molecule has 0 amide bonds. The molecule has 0 aromatic heterocycles. The summed E-state index contributed by atoms with van der Waals surface area (Å²) in [4.78, 5) is 2.54. The maximum absolute atomic E-state index is 10.8. The van der Waals surface area contributed by atoms with Gasteiger partial charge in [0.05, 0.1) is 5.60 Å². The zero-order valence-electron chi connectivity index (χ0n) is 11.2. The van der Waals surface area contributed by atoms with E-state index in [-0.39, 0.29) is 0 Å². The van der Waals surface area contributed by atoms with Gasteiger partial charge < -0.3 is 9.84 Å². The molecular formula is C16H21NO2. The van der Waals surface area contributed by atoms with Gasteiger partial charge in [0.1, 0.15) is 0 Å². The number of aliphatic hydroxyl groups is 1. The third kappa shape index (κ3) is 1.83. The minimum Gasteiger partial charge on any atom is -0.388 e. The summed E-state index contributed by atoms with van der Waals surface area (Å²) in [6.07, 6.45) is 4.04. The summed E-state index contributed by atoms with van der Waals surface area (Å²) in [5.74, 6) is 0. The molecule has 3 heterocycles. The minimum absolute atomic E-state index is 0.535. The Morgan fingerprint density at radius 3 is 2.26 bits per heavy atom. The summed E-state index contributed by atoms with van der Waals surface area (Å²) in [5, 5.41) is 10.8.